The predicted molar refractivity (Wildman–Crippen MR) is 77.4 cm³/mol. The van der Waals surface area contributed by atoms with Crippen LogP contribution in [0, 0.1) is 5.82 Å². The maximum Gasteiger partial charge on any atom is 0.123 e. The molecule has 0 aliphatic carbocycles. The van der Waals surface area contributed by atoms with Gasteiger partial charge in [-0.2, -0.15) is 0 Å². The van der Waals surface area contributed by atoms with Crippen LogP contribution in [0.3, 0.4) is 0 Å². The van der Waals surface area contributed by atoms with Gasteiger partial charge in [-0.1, -0.05) is 15.9 Å². The highest BCUT2D eigenvalue weighted by molar-refractivity contribution is 9.09. The number of hydrogen-bond acceptors (Lipinski definition) is 2. The zero-order valence-electron chi connectivity index (χ0n) is 11.2. The van der Waals surface area contributed by atoms with E-state index in [0.29, 0.717) is 6.10 Å². The van der Waals surface area contributed by atoms with Gasteiger partial charge in [-0.15, -0.1) is 0 Å². The molecule has 1 aliphatic rings. The van der Waals surface area contributed by atoms with E-state index in [1.165, 1.54) is 18.9 Å². The van der Waals surface area contributed by atoms with Gasteiger partial charge < -0.3 is 9.47 Å². The molecule has 1 saturated heterocycles. The Morgan fingerprint density at radius 3 is 3.00 bits per heavy atom. The van der Waals surface area contributed by atoms with Gasteiger partial charge in [0.15, 0.2) is 0 Å². The van der Waals surface area contributed by atoms with Gasteiger partial charge in [0, 0.05) is 17.0 Å². The van der Waals surface area contributed by atoms with Crippen LogP contribution in [0.2, 0.25) is 0 Å². The molecule has 0 spiro atoms. The average Bonchev–Trinajstić information content (AvgIpc) is 2.46. The van der Waals surface area contributed by atoms with Crippen molar-refractivity contribution in [3.8, 4) is 5.75 Å². The van der Waals surface area contributed by atoms with E-state index in [0.717, 1.165) is 37.2 Å². The van der Waals surface area contributed by atoms with Gasteiger partial charge in [0.25, 0.3) is 0 Å². The first-order chi connectivity index (χ1) is 9.20. The summed E-state index contributed by atoms with van der Waals surface area (Å²) in [7, 11) is 1.61. The molecule has 106 valence electrons. The highest BCUT2D eigenvalue weighted by Crippen LogP contribution is 2.36. The standard InChI is InChI=1S/C15H20BrFO2/c1-18-15-8-5-11(17)10-13(15)14(16)7-6-12-4-2-3-9-19-12/h5,8,10,12,14H,2-4,6-7,9H2,1H3. The van der Waals surface area contributed by atoms with Crippen molar-refractivity contribution < 1.29 is 13.9 Å². The number of alkyl halides is 1. The maximum atomic E-state index is 13.3. The lowest BCUT2D eigenvalue weighted by atomic mass is 10.0. The monoisotopic (exact) mass is 330 g/mol. The highest BCUT2D eigenvalue weighted by Gasteiger charge is 2.18. The third kappa shape index (κ3) is 4.18. The highest BCUT2D eigenvalue weighted by atomic mass is 79.9. The molecule has 4 heteroatoms. The number of rotatable bonds is 5. The van der Waals surface area contributed by atoms with Crippen LogP contribution in [0.1, 0.15) is 42.5 Å². The summed E-state index contributed by atoms with van der Waals surface area (Å²) in [6.07, 6.45) is 5.83. The average molecular weight is 331 g/mol. The smallest absolute Gasteiger partial charge is 0.123 e. The van der Waals surface area contributed by atoms with Crippen molar-refractivity contribution in [1.29, 1.82) is 0 Å². The first-order valence-corrected chi connectivity index (χ1v) is 7.71. The fourth-order valence-corrected chi connectivity index (χ4v) is 3.09. The normalized spacial score (nSPS) is 21.1. The van der Waals surface area contributed by atoms with E-state index in [2.05, 4.69) is 15.9 Å². The van der Waals surface area contributed by atoms with Gasteiger partial charge in [-0.3, -0.25) is 0 Å². The van der Waals surface area contributed by atoms with Crippen LogP contribution in [0.25, 0.3) is 0 Å². The summed E-state index contributed by atoms with van der Waals surface area (Å²) in [6.45, 7) is 0.876. The molecule has 1 fully saturated rings. The first-order valence-electron chi connectivity index (χ1n) is 6.80. The molecule has 0 aromatic heterocycles. The van der Waals surface area contributed by atoms with Crippen LogP contribution in [0.4, 0.5) is 4.39 Å². The molecule has 2 unspecified atom stereocenters. The summed E-state index contributed by atoms with van der Waals surface area (Å²) < 4.78 is 24.3. The van der Waals surface area contributed by atoms with E-state index in [4.69, 9.17) is 9.47 Å². The second-order valence-electron chi connectivity index (χ2n) is 4.92. The molecule has 0 radical (unpaired) electrons. The molecule has 1 heterocycles. The zero-order valence-corrected chi connectivity index (χ0v) is 12.8. The minimum Gasteiger partial charge on any atom is -0.496 e. The fraction of sp³-hybridized carbons (Fsp3) is 0.600. The SMILES string of the molecule is COc1ccc(F)cc1C(Br)CCC1CCCCO1. The molecular formula is C15H20BrFO2. The Hall–Kier alpha value is -0.610. The Bertz CT molecular complexity index is 405. The molecule has 1 aromatic rings. The number of ether oxygens (including phenoxy) is 2. The maximum absolute atomic E-state index is 13.3. The van der Waals surface area contributed by atoms with Crippen molar-refractivity contribution in [2.45, 2.75) is 43.0 Å². The van der Waals surface area contributed by atoms with Gasteiger partial charge in [0.05, 0.1) is 13.2 Å². The molecule has 2 rings (SSSR count). The van der Waals surface area contributed by atoms with Crippen LogP contribution in [0.5, 0.6) is 5.75 Å². The summed E-state index contributed by atoms with van der Waals surface area (Å²) in [4.78, 5) is 0.101. The van der Waals surface area contributed by atoms with Gasteiger partial charge in [-0.05, 0) is 50.3 Å². The van der Waals surface area contributed by atoms with Gasteiger partial charge >= 0.3 is 0 Å². The van der Waals surface area contributed by atoms with Gasteiger partial charge in [0.1, 0.15) is 11.6 Å². The van der Waals surface area contributed by atoms with Crippen molar-refractivity contribution in [3.05, 3.63) is 29.6 Å². The third-order valence-corrected chi connectivity index (χ3v) is 4.50. The Balaban J connectivity index is 1.94. The summed E-state index contributed by atoms with van der Waals surface area (Å²) in [5, 5.41) is 0. The van der Waals surface area contributed by atoms with E-state index in [9.17, 15) is 4.39 Å². The van der Waals surface area contributed by atoms with E-state index in [1.54, 1.807) is 19.2 Å². The summed E-state index contributed by atoms with van der Waals surface area (Å²) in [5.41, 5.74) is 0.873. The van der Waals surface area contributed by atoms with Crippen molar-refractivity contribution in [1.82, 2.24) is 0 Å². The van der Waals surface area contributed by atoms with E-state index >= 15 is 0 Å². The lowest BCUT2D eigenvalue weighted by Gasteiger charge is -2.23. The van der Waals surface area contributed by atoms with Gasteiger partial charge in [-0.25, -0.2) is 4.39 Å². The molecule has 0 N–H and O–H groups in total. The minimum atomic E-state index is -0.228. The molecule has 1 aliphatic heterocycles. The van der Waals surface area contributed by atoms with Crippen molar-refractivity contribution in [3.63, 3.8) is 0 Å². The summed E-state index contributed by atoms with van der Waals surface area (Å²) >= 11 is 3.64. The van der Waals surface area contributed by atoms with Crippen LogP contribution in [0.15, 0.2) is 18.2 Å². The molecule has 0 amide bonds. The van der Waals surface area contributed by atoms with Crippen molar-refractivity contribution >= 4 is 15.9 Å². The molecule has 0 bridgehead atoms. The third-order valence-electron chi connectivity index (χ3n) is 3.55. The second-order valence-corrected chi connectivity index (χ2v) is 6.03. The van der Waals surface area contributed by atoms with Crippen molar-refractivity contribution in [2.24, 2.45) is 0 Å². The van der Waals surface area contributed by atoms with E-state index in [-0.39, 0.29) is 10.6 Å². The molecular weight excluding hydrogens is 311 g/mol. The quantitative estimate of drug-likeness (QED) is 0.733. The zero-order chi connectivity index (χ0) is 13.7. The van der Waals surface area contributed by atoms with Crippen LogP contribution in [-0.4, -0.2) is 19.8 Å². The number of hydrogen-bond donors (Lipinski definition) is 0. The van der Waals surface area contributed by atoms with E-state index < -0.39 is 0 Å². The van der Waals surface area contributed by atoms with Crippen molar-refractivity contribution in [2.75, 3.05) is 13.7 Å². The topological polar surface area (TPSA) is 18.5 Å². The molecule has 19 heavy (non-hydrogen) atoms. The number of benzene rings is 1. The van der Waals surface area contributed by atoms with Gasteiger partial charge in [0.2, 0.25) is 0 Å². The Labute approximate surface area is 122 Å². The Kier molecular flexibility index (Phi) is 5.64. The van der Waals surface area contributed by atoms with Crippen LogP contribution in [-0.2, 0) is 4.74 Å². The molecule has 2 nitrogen and oxygen atoms in total. The number of halogens is 2. The summed E-state index contributed by atoms with van der Waals surface area (Å²) in [5.74, 6) is 0.502. The van der Waals surface area contributed by atoms with Crippen LogP contribution >= 0.6 is 15.9 Å². The predicted octanol–water partition coefficient (Wildman–Crippen LogP) is 4.62. The van der Waals surface area contributed by atoms with Crippen LogP contribution < -0.4 is 4.74 Å². The first kappa shape index (κ1) is 14.8. The fourth-order valence-electron chi connectivity index (χ4n) is 2.47. The minimum absolute atomic E-state index is 0.101. The molecule has 1 aromatic carbocycles. The second kappa shape index (κ2) is 7.25. The summed E-state index contributed by atoms with van der Waals surface area (Å²) in [6, 6.07) is 4.64. The largest absolute Gasteiger partial charge is 0.496 e. The number of methoxy groups -OCH3 is 1. The lowest BCUT2D eigenvalue weighted by Crippen LogP contribution is -2.19. The lowest BCUT2D eigenvalue weighted by molar-refractivity contribution is 0.0101. The Morgan fingerprint density at radius 1 is 1.47 bits per heavy atom. The molecule has 2 atom stereocenters. The van der Waals surface area contributed by atoms with E-state index in [1.807, 2.05) is 0 Å². The Morgan fingerprint density at radius 2 is 2.32 bits per heavy atom. The molecule has 0 saturated carbocycles.